The highest BCUT2D eigenvalue weighted by molar-refractivity contribution is 7.86. The number of anilines is 2. The maximum atomic E-state index is 12.9. The average Bonchev–Trinajstić information content (AvgIpc) is 3.43. The van der Waals surface area contributed by atoms with Crippen LogP contribution in [0, 0.1) is 0 Å². The molecule has 0 fully saturated rings. The molecule has 0 amide bonds. The zero-order chi connectivity index (χ0) is 57.0. The van der Waals surface area contributed by atoms with Crippen molar-refractivity contribution in [2.75, 3.05) is 45.6 Å². The Hall–Kier alpha value is -8.42. The smallest absolute Gasteiger partial charge is 0.296 e. The van der Waals surface area contributed by atoms with Crippen LogP contribution in [0.3, 0.4) is 0 Å². The minimum atomic E-state index is -5.08. The fraction of sp³-hybridized carbons (Fsp3) is 0.160. The van der Waals surface area contributed by atoms with Crippen molar-refractivity contribution in [2.24, 2.45) is 30.7 Å². The number of hydrogen-bond donors (Lipinski definition) is 6. The van der Waals surface area contributed by atoms with Crippen molar-refractivity contribution in [1.29, 1.82) is 0 Å². The Labute approximate surface area is 450 Å². The number of phenolic OH excluding ortho intramolecular Hbond substituents is 1. The van der Waals surface area contributed by atoms with Crippen LogP contribution < -0.4 is 29.0 Å². The van der Waals surface area contributed by atoms with Gasteiger partial charge in [0.05, 0.1) is 61.5 Å². The van der Waals surface area contributed by atoms with E-state index in [2.05, 4.69) is 36.0 Å². The molecule has 0 aliphatic heterocycles. The van der Waals surface area contributed by atoms with Gasteiger partial charge in [-0.15, -0.1) is 25.6 Å². The predicted molar refractivity (Wildman–Crippen MR) is 289 cm³/mol. The number of nitrogens with one attached hydrogen (secondary N) is 1. The first-order chi connectivity index (χ1) is 37.4. The first kappa shape index (κ1) is 56.8. The van der Waals surface area contributed by atoms with Gasteiger partial charge in [0.25, 0.3) is 40.5 Å². The Kier molecular flexibility index (Phi) is 16.4. The third-order valence-corrected chi connectivity index (χ3v) is 14.9. The predicted octanol–water partition coefficient (Wildman–Crippen LogP) is 11.7. The molecule has 0 aromatic heterocycles. The van der Waals surface area contributed by atoms with Crippen LogP contribution in [0.4, 0.5) is 45.5 Å². The molecule has 412 valence electrons. The maximum absolute atomic E-state index is 12.9. The van der Waals surface area contributed by atoms with E-state index in [-0.39, 0.29) is 98.0 Å². The molecular formula is C50H45N7O18S4. The van der Waals surface area contributed by atoms with Crippen molar-refractivity contribution in [3.8, 4) is 34.5 Å². The van der Waals surface area contributed by atoms with Crippen molar-refractivity contribution in [1.82, 2.24) is 0 Å². The molecule has 0 heterocycles. The van der Waals surface area contributed by atoms with Gasteiger partial charge in [-0.25, -0.2) is 0 Å². The molecule has 79 heavy (non-hydrogen) atoms. The normalized spacial score (nSPS) is 12.6. The summed E-state index contributed by atoms with van der Waals surface area (Å²) in [4.78, 5) is -1.89. The third kappa shape index (κ3) is 13.3. The molecule has 29 heteroatoms. The van der Waals surface area contributed by atoms with E-state index in [1.165, 1.54) is 75.9 Å². The third-order valence-electron chi connectivity index (χ3n) is 11.6. The van der Waals surface area contributed by atoms with Crippen molar-refractivity contribution < 1.29 is 80.7 Å². The highest BCUT2D eigenvalue weighted by Crippen LogP contribution is 2.48. The van der Waals surface area contributed by atoms with E-state index in [4.69, 9.17) is 28.2 Å². The largest absolute Gasteiger partial charge is 0.505 e. The standard InChI is InChI=1S/C50H45N7O18S4/c1-5-74-46-25-40(53-55-42-27-44(72-3)41(26-45(42)73-4)54-52-32-10-14-36-28(20-32)21-35(78(65,66)67)24-43(36)75-17-6-18-76(59,60)61)39-23-34(77(62,63)64)13-16-38(39)48(46)56-57-49-47(79(68,69)70)22-29-19-31(9-15-37(29)50(49)58)51-30-7-11-33(71-2)12-8-30/h7-16,19-27,51,58H,5-6,17-18H2,1-4H3,(H,59,60,61)(H,62,63,64)(H,65,66,67)(H,68,69,70). The lowest BCUT2D eigenvalue weighted by atomic mass is 10.1. The molecular weight excluding hydrogens is 1110 g/mol. The van der Waals surface area contributed by atoms with Crippen molar-refractivity contribution in [2.45, 2.75) is 28.0 Å². The summed E-state index contributed by atoms with van der Waals surface area (Å²) in [5.74, 6) is -0.537. The van der Waals surface area contributed by atoms with Crippen LogP contribution in [0.25, 0.3) is 32.3 Å². The summed E-state index contributed by atoms with van der Waals surface area (Å²) >= 11 is 0. The van der Waals surface area contributed by atoms with Crippen molar-refractivity contribution >= 4 is 118 Å². The molecule has 25 nitrogen and oxygen atoms in total. The maximum Gasteiger partial charge on any atom is 0.296 e. The number of methoxy groups -OCH3 is 3. The second kappa shape index (κ2) is 22.9. The number of aromatic hydroxyl groups is 1. The summed E-state index contributed by atoms with van der Waals surface area (Å²) in [5, 5.41) is 41.5. The molecule has 0 bridgehead atoms. The summed E-state index contributed by atoms with van der Waals surface area (Å²) in [5.41, 5.74) is 0.672. The summed E-state index contributed by atoms with van der Waals surface area (Å²) in [7, 11) is -14.8. The molecule has 8 aromatic carbocycles. The second-order valence-corrected chi connectivity index (χ2v) is 22.6. The first-order valence-electron chi connectivity index (χ1n) is 22.9. The monoisotopic (exact) mass is 1160 g/mol. The highest BCUT2D eigenvalue weighted by atomic mass is 32.2. The number of benzene rings is 8. The Morgan fingerprint density at radius 2 is 1.08 bits per heavy atom. The average molecular weight is 1160 g/mol. The quantitative estimate of drug-likeness (QED) is 0.0221. The SMILES string of the molecule is CCOc1cc(N=Nc2cc(OC)c(N=Nc3ccc4c(OCCCS(=O)(=O)O)cc(S(=O)(=O)O)cc4c3)cc2OC)c2cc(S(=O)(=O)O)ccc2c1N=Nc1c(S(=O)(=O)O)cc2cc(Nc3ccc(OC)cc3)ccc2c1O. The summed E-state index contributed by atoms with van der Waals surface area (Å²) < 4.78 is 165. The summed E-state index contributed by atoms with van der Waals surface area (Å²) in [6.07, 6.45) is -0.124. The van der Waals surface area contributed by atoms with Gasteiger partial charge in [0, 0.05) is 57.2 Å². The Balaban J connectivity index is 1.16. The van der Waals surface area contributed by atoms with Crippen LogP contribution in [0.1, 0.15) is 13.3 Å². The van der Waals surface area contributed by atoms with E-state index in [9.17, 15) is 52.4 Å². The van der Waals surface area contributed by atoms with Gasteiger partial charge in [-0.05, 0) is 109 Å². The van der Waals surface area contributed by atoms with Gasteiger partial charge in [0.15, 0.2) is 5.75 Å². The highest BCUT2D eigenvalue weighted by Gasteiger charge is 2.25. The molecule has 0 radical (unpaired) electrons. The van der Waals surface area contributed by atoms with Crippen LogP contribution in [0.15, 0.2) is 161 Å². The number of rotatable bonds is 21. The van der Waals surface area contributed by atoms with E-state index < -0.39 is 72.3 Å². The molecule has 8 rings (SSSR count). The van der Waals surface area contributed by atoms with Crippen LogP contribution in [-0.4, -0.2) is 97.3 Å². The van der Waals surface area contributed by atoms with Crippen molar-refractivity contribution in [3.05, 3.63) is 115 Å². The molecule has 0 atom stereocenters. The Bertz CT molecular complexity index is 4280. The zero-order valence-corrected chi connectivity index (χ0v) is 44.9. The minimum absolute atomic E-state index is 0.00261. The summed E-state index contributed by atoms with van der Waals surface area (Å²) in [6, 6.07) is 26.9. The molecule has 0 saturated heterocycles. The molecule has 0 aliphatic carbocycles. The number of nitrogens with zero attached hydrogens (tertiary/aromatic N) is 6. The van der Waals surface area contributed by atoms with Gasteiger partial charge >= 0.3 is 0 Å². The van der Waals surface area contributed by atoms with Crippen LogP contribution in [-0.2, 0) is 40.5 Å². The molecule has 0 saturated carbocycles. The summed E-state index contributed by atoms with van der Waals surface area (Å²) in [6.45, 7) is 1.43. The zero-order valence-electron chi connectivity index (χ0n) is 41.7. The minimum Gasteiger partial charge on any atom is -0.505 e. The first-order valence-corrected chi connectivity index (χ1v) is 28.8. The van der Waals surface area contributed by atoms with Gasteiger partial charge in [-0.2, -0.15) is 38.8 Å². The number of azo groups is 3. The Morgan fingerprint density at radius 3 is 1.70 bits per heavy atom. The topological polar surface area (TPSA) is 370 Å². The number of ether oxygens (including phenoxy) is 5. The molecule has 8 aromatic rings. The Morgan fingerprint density at radius 1 is 0.481 bits per heavy atom. The lowest BCUT2D eigenvalue weighted by molar-refractivity contribution is 0.319. The lowest BCUT2D eigenvalue weighted by Crippen LogP contribution is -2.09. The molecule has 0 unspecified atom stereocenters. The molecule has 6 N–H and O–H groups in total. The fourth-order valence-corrected chi connectivity index (χ4v) is 10.1. The van der Waals surface area contributed by atoms with E-state index in [1.807, 2.05) is 0 Å². The number of fused-ring (bicyclic) bond motifs is 3. The lowest BCUT2D eigenvalue weighted by Gasteiger charge is -2.14. The molecule has 0 aliphatic rings. The number of phenols is 1. The van der Waals surface area contributed by atoms with Crippen LogP contribution in [0.5, 0.6) is 34.5 Å². The van der Waals surface area contributed by atoms with Crippen LogP contribution >= 0.6 is 0 Å². The second-order valence-electron chi connectivity index (χ2n) is 16.8. The fourth-order valence-electron chi connectivity index (χ4n) is 7.91. The van der Waals surface area contributed by atoms with E-state index in [0.717, 1.165) is 24.3 Å². The van der Waals surface area contributed by atoms with E-state index in [1.54, 1.807) is 43.3 Å². The van der Waals surface area contributed by atoms with Gasteiger partial charge in [0.1, 0.15) is 56.4 Å². The van der Waals surface area contributed by atoms with Crippen molar-refractivity contribution in [3.63, 3.8) is 0 Å². The van der Waals surface area contributed by atoms with Gasteiger partial charge < -0.3 is 34.1 Å². The van der Waals surface area contributed by atoms with Crippen LogP contribution in [0.2, 0.25) is 0 Å². The van der Waals surface area contributed by atoms with Gasteiger partial charge in [0.2, 0.25) is 0 Å². The molecule has 0 spiro atoms. The van der Waals surface area contributed by atoms with Gasteiger partial charge in [-0.3, -0.25) is 18.2 Å². The van der Waals surface area contributed by atoms with E-state index in [0.29, 0.717) is 22.5 Å². The van der Waals surface area contributed by atoms with E-state index >= 15 is 0 Å². The number of hydrogen-bond acceptors (Lipinski definition) is 21. The van der Waals surface area contributed by atoms with Gasteiger partial charge in [-0.1, -0.05) is 6.07 Å².